The number of benzene rings is 1. The van der Waals surface area contributed by atoms with Gasteiger partial charge in [-0.15, -0.1) is 0 Å². The molecule has 0 bridgehead atoms. The minimum atomic E-state index is -0.111. The molecule has 0 aromatic heterocycles. The number of aryl methyl sites for hydroxylation is 1. The van der Waals surface area contributed by atoms with E-state index in [1.165, 1.54) is 0 Å². The maximum absolute atomic E-state index is 12.0. The van der Waals surface area contributed by atoms with Crippen LogP contribution in [-0.2, 0) is 16.0 Å². The summed E-state index contributed by atoms with van der Waals surface area (Å²) in [6.45, 7) is 1.22. The molecule has 1 saturated heterocycles. The lowest BCUT2D eigenvalue weighted by molar-refractivity contribution is -0.138. The van der Waals surface area contributed by atoms with E-state index in [-0.39, 0.29) is 18.4 Å². The largest absolute Gasteiger partial charge is 0.353 e. The summed E-state index contributed by atoms with van der Waals surface area (Å²) in [5, 5.41) is 3.67. The zero-order valence-electron chi connectivity index (χ0n) is 10.3. The molecular formula is C13H14Cl2N2O2. The molecule has 4 nitrogen and oxygen atoms in total. The summed E-state index contributed by atoms with van der Waals surface area (Å²) in [5.41, 5.74) is 0.851. The molecule has 1 aliphatic heterocycles. The van der Waals surface area contributed by atoms with Gasteiger partial charge in [0.05, 0.1) is 16.6 Å². The Bertz CT molecular complexity index is 505. The molecular weight excluding hydrogens is 287 g/mol. The normalized spacial score (nSPS) is 15.3. The van der Waals surface area contributed by atoms with Crippen LogP contribution in [0.4, 0.5) is 0 Å². The van der Waals surface area contributed by atoms with Crippen LogP contribution in [-0.4, -0.2) is 36.3 Å². The van der Waals surface area contributed by atoms with Crippen molar-refractivity contribution in [1.82, 2.24) is 10.2 Å². The third kappa shape index (κ3) is 3.61. The molecule has 1 heterocycles. The summed E-state index contributed by atoms with van der Waals surface area (Å²) in [6, 6.07) is 5.37. The Morgan fingerprint density at radius 3 is 2.89 bits per heavy atom. The Kier molecular flexibility index (Phi) is 4.66. The molecule has 1 N–H and O–H groups in total. The van der Waals surface area contributed by atoms with E-state index in [4.69, 9.17) is 23.2 Å². The fraction of sp³-hybridized carbons (Fsp3) is 0.385. The fourth-order valence-corrected chi connectivity index (χ4v) is 2.41. The number of halogens is 2. The fourth-order valence-electron chi connectivity index (χ4n) is 1.99. The van der Waals surface area contributed by atoms with Gasteiger partial charge in [-0.05, 0) is 18.1 Å². The molecule has 1 fully saturated rings. The number of amides is 2. The minimum absolute atomic E-state index is 0.0362. The van der Waals surface area contributed by atoms with Crippen molar-refractivity contribution in [3.05, 3.63) is 33.8 Å². The van der Waals surface area contributed by atoms with Crippen LogP contribution in [0.5, 0.6) is 0 Å². The number of hydrogen-bond acceptors (Lipinski definition) is 2. The summed E-state index contributed by atoms with van der Waals surface area (Å²) in [7, 11) is 0. The van der Waals surface area contributed by atoms with Crippen LogP contribution in [0.1, 0.15) is 12.0 Å². The lowest BCUT2D eigenvalue weighted by Gasteiger charge is -2.26. The van der Waals surface area contributed by atoms with Crippen LogP contribution in [0.3, 0.4) is 0 Å². The molecule has 6 heteroatoms. The van der Waals surface area contributed by atoms with Crippen LogP contribution in [0.15, 0.2) is 18.2 Å². The van der Waals surface area contributed by atoms with Crippen LogP contribution in [0.25, 0.3) is 0 Å². The number of nitrogens with one attached hydrogen (secondary N) is 1. The van der Waals surface area contributed by atoms with E-state index in [0.717, 1.165) is 5.56 Å². The van der Waals surface area contributed by atoms with Crippen LogP contribution in [0.2, 0.25) is 10.0 Å². The van der Waals surface area contributed by atoms with Crippen molar-refractivity contribution in [3.63, 3.8) is 0 Å². The average Bonchev–Trinajstić information content (AvgIpc) is 2.40. The number of piperazine rings is 1. The second kappa shape index (κ2) is 6.26. The first-order valence-corrected chi connectivity index (χ1v) is 6.81. The number of rotatable bonds is 3. The predicted octanol–water partition coefficient (Wildman–Crippen LogP) is 1.88. The molecule has 1 aromatic carbocycles. The van der Waals surface area contributed by atoms with E-state index < -0.39 is 0 Å². The molecule has 0 saturated carbocycles. The standard InChI is InChI=1S/C13H14Cl2N2O2/c14-10-3-1-2-9(13(10)15)4-5-12(19)17-7-6-16-11(18)8-17/h1-3H,4-8H2,(H,16,18). The average molecular weight is 301 g/mol. The first-order chi connectivity index (χ1) is 9.08. The van der Waals surface area contributed by atoms with Gasteiger partial charge in [0.1, 0.15) is 0 Å². The first-order valence-electron chi connectivity index (χ1n) is 6.05. The highest BCUT2D eigenvalue weighted by molar-refractivity contribution is 6.42. The molecule has 0 spiro atoms. The smallest absolute Gasteiger partial charge is 0.239 e. The van der Waals surface area contributed by atoms with Gasteiger partial charge >= 0.3 is 0 Å². The van der Waals surface area contributed by atoms with Gasteiger partial charge in [0.15, 0.2) is 0 Å². The molecule has 1 aromatic rings. The third-order valence-electron chi connectivity index (χ3n) is 3.03. The second-order valence-electron chi connectivity index (χ2n) is 4.38. The number of carbonyl (C=O) groups is 2. The van der Waals surface area contributed by atoms with Crippen molar-refractivity contribution < 1.29 is 9.59 Å². The van der Waals surface area contributed by atoms with Crippen molar-refractivity contribution in [2.24, 2.45) is 0 Å². The van der Waals surface area contributed by atoms with E-state index in [9.17, 15) is 9.59 Å². The number of carbonyl (C=O) groups excluding carboxylic acids is 2. The van der Waals surface area contributed by atoms with Gasteiger partial charge in [0.2, 0.25) is 11.8 Å². The zero-order valence-corrected chi connectivity index (χ0v) is 11.8. The molecule has 0 radical (unpaired) electrons. The van der Waals surface area contributed by atoms with E-state index >= 15 is 0 Å². The number of nitrogens with zero attached hydrogens (tertiary/aromatic N) is 1. The molecule has 0 atom stereocenters. The van der Waals surface area contributed by atoms with Gasteiger partial charge in [-0.3, -0.25) is 9.59 Å². The first kappa shape index (κ1) is 14.2. The van der Waals surface area contributed by atoms with Crippen LogP contribution < -0.4 is 5.32 Å². The van der Waals surface area contributed by atoms with E-state index in [1.54, 1.807) is 11.0 Å². The van der Waals surface area contributed by atoms with Crippen molar-refractivity contribution in [2.45, 2.75) is 12.8 Å². The summed E-state index contributed by atoms with van der Waals surface area (Å²) >= 11 is 12.0. The Morgan fingerprint density at radius 2 is 2.16 bits per heavy atom. The Morgan fingerprint density at radius 1 is 1.37 bits per heavy atom. The van der Waals surface area contributed by atoms with Crippen molar-refractivity contribution in [3.8, 4) is 0 Å². The summed E-state index contributed by atoms with van der Waals surface area (Å²) in [4.78, 5) is 24.8. The highest BCUT2D eigenvalue weighted by Crippen LogP contribution is 2.26. The van der Waals surface area contributed by atoms with Crippen LogP contribution >= 0.6 is 23.2 Å². The molecule has 102 valence electrons. The van der Waals surface area contributed by atoms with Gasteiger partial charge < -0.3 is 10.2 Å². The Balaban J connectivity index is 1.93. The van der Waals surface area contributed by atoms with Crippen LogP contribution in [0, 0.1) is 0 Å². The third-order valence-corrected chi connectivity index (χ3v) is 3.89. The summed E-state index contributed by atoms with van der Waals surface area (Å²) < 4.78 is 0. The van der Waals surface area contributed by atoms with Gasteiger partial charge in [0.25, 0.3) is 0 Å². The zero-order chi connectivity index (χ0) is 13.8. The predicted molar refractivity (Wildman–Crippen MR) is 74.4 cm³/mol. The topological polar surface area (TPSA) is 49.4 Å². The molecule has 2 amide bonds. The van der Waals surface area contributed by atoms with Gasteiger partial charge in [-0.1, -0.05) is 35.3 Å². The van der Waals surface area contributed by atoms with E-state index in [1.807, 2.05) is 12.1 Å². The van der Waals surface area contributed by atoms with Crippen molar-refractivity contribution in [2.75, 3.05) is 19.6 Å². The lowest BCUT2D eigenvalue weighted by atomic mass is 10.1. The molecule has 2 rings (SSSR count). The molecule has 1 aliphatic rings. The molecule has 0 aliphatic carbocycles. The highest BCUT2D eigenvalue weighted by Gasteiger charge is 2.20. The van der Waals surface area contributed by atoms with Crippen molar-refractivity contribution >= 4 is 35.0 Å². The van der Waals surface area contributed by atoms with E-state index in [0.29, 0.717) is 36.0 Å². The van der Waals surface area contributed by atoms with Crippen molar-refractivity contribution in [1.29, 1.82) is 0 Å². The Labute approximate surface area is 121 Å². The lowest BCUT2D eigenvalue weighted by Crippen LogP contribution is -2.50. The summed E-state index contributed by atoms with van der Waals surface area (Å²) in [5.74, 6) is -0.147. The maximum Gasteiger partial charge on any atom is 0.239 e. The highest BCUT2D eigenvalue weighted by atomic mass is 35.5. The second-order valence-corrected chi connectivity index (χ2v) is 5.16. The monoisotopic (exact) mass is 300 g/mol. The minimum Gasteiger partial charge on any atom is -0.353 e. The SMILES string of the molecule is O=C1CN(C(=O)CCc2cccc(Cl)c2Cl)CCN1. The van der Waals surface area contributed by atoms with Gasteiger partial charge in [-0.25, -0.2) is 0 Å². The molecule has 19 heavy (non-hydrogen) atoms. The quantitative estimate of drug-likeness (QED) is 0.927. The van der Waals surface area contributed by atoms with Gasteiger partial charge in [0, 0.05) is 19.5 Å². The van der Waals surface area contributed by atoms with Gasteiger partial charge in [-0.2, -0.15) is 0 Å². The Hall–Kier alpha value is -1.26. The number of hydrogen-bond donors (Lipinski definition) is 1. The van der Waals surface area contributed by atoms with E-state index in [2.05, 4.69) is 5.32 Å². The maximum atomic E-state index is 12.0. The molecule has 0 unspecified atom stereocenters. The summed E-state index contributed by atoms with van der Waals surface area (Å²) in [6.07, 6.45) is 0.851.